The number of hydrogen-bond acceptors (Lipinski definition) is 2. The molecule has 2 heteroatoms. The van der Waals surface area contributed by atoms with Crippen molar-refractivity contribution in [1.29, 1.82) is 0 Å². The predicted molar refractivity (Wildman–Crippen MR) is 57.0 cm³/mol. The fourth-order valence-corrected chi connectivity index (χ4v) is 3.06. The molecule has 0 radical (unpaired) electrons. The van der Waals surface area contributed by atoms with E-state index in [9.17, 15) is 4.79 Å². The lowest BCUT2D eigenvalue weighted by molar-refractivity contribution is -0.152. The fraction of sp³-hybridized carbons (Fsp3) is 0.917. The molecule has 0 aromatic carbocycles. The van der Waals surface area contributed by atoms with E-state index >= 15 is 0 Å². The third-order valence-corrected chi connectivity index (χ3v) is 2.85. The number of carbonyl (C=O) groups is 1. The lowest BCUT2D eigenvalue weighted by Gasteiger charge is -2.44. The van der Waals surface area contributed by atoms with E-state index in [1.165, 1.54) is 13.3 Å². The lowest BCUT2D eigenvalue weighted by Crippen LogP contribution is -2.38. The molecule has 1 aliphatic rings. The van der Waals surface area contributed by atoms with Gasteiger partial charge in [0.2, 0.25) is 0 Å². The minimum atomic E-state index is -0.150. The molecule has 0 aliphatic heterocycles. The number of hydrogen-bond donors (Lipinski definition) is 0. The highest BCUT2D eigenvalue weighted by Gasteiger charge is 2.39. The summed E-state index contributed by atoms with van der Waals surface area (Å²) in [6, 6.07) is 0. The number of ether oxygens (including phenoxy) is 1. The van der Waals surface area contributed by atoms with Crippen molar-refractivity contribution in [3.8, 4) is 0 Å². The van der Waals surface area contributed by atoms with Gasteiger partial charge >= 0.3 is 5.97 Å². The van der Waals surface area contributed by atoms with Crippen LogP contribution in [0.2, 0.25) is 0 Å². The molecule has 0 aromatic heterocycles. The van der Waals surface area contributed by atoms with Crippen LogP contribution in [0.5, 0.6) is 0 Å². The Morgan fingerprint density at radius 3 is 1.93 bits per heavy atom. The van der Waals surface area contributed by atoms with Gasteiger partial charge in [-0.2, -0.15) is 0 Å². The Bertz CT molecular complexity index is 212. The van der Waals surface area contributed by atoms with Crippen LogP contribution in [-0.4, -0.2) is 12.1 Å². The second kappa shape index (κ2) is 3.56. The van der Waals surface area contributed by atoms with Crippen LogP contribution in [0.1, 0.15) is 53.9 Å². The van der Waals surface area contributed by atoms with Gasteiger partial charge in [-0.3, -0.25) is 4.79 Å². The fourth-order valence-electron chi connectivity index (χ4n) is 3.06. The standard InChI is InChI=1S/C12H22O2/c1-9(13)14-10-6-11(2,3)8-12(4,5)7-10/h10H,6-8H2,1-5H3. The number of esters is 1. The Hall–Kier alpha value is -0.530. The van der Waals surface area contributed by atoms with Gasteiger partial charge in [-0.05, 0) is 30.1 Å². The van der Waals surface area contributed by atoms with Crippen molar-refractivity contribution in [3.63, 3.8) is 0 Å². The molecule has 14 heavy (non-hydrogen) atoms. The highest BCUT2D eigenvalue weighted by molar-refractivity contribution is 5.66. The molecule has 0 saturated heterocycles. The third-order valence-electron chi connectivity index (χ3n) is 2.85. The number of rotatable bonds is 1. The van der Waals surface area contributed by atoms with E-state index in [1.807, 2.05) is 0 Å². The van der Waals surface area contributed by atoms with Gasteiger partial charge in [0.25, 0.3) is 0 Å². The maximum atomic E-state index is 10.9. The molecule has 0 bridgehead atoms. The Morgan fingerprint density at radius 1 is 1.14 bits per heavy atom. The van der Waals surface area contributed by atoms with Crippen LogP contribution in [0.3, 0.4) is 0 Å². The summed E-state index contributed by atoms with van der Waals surface area (Å²) in [7, 11) is 0. The second-order valence-corrected chi connectivity index (χ2v) is 6.14. The van der Waals surface area contributed by atoms with Crippen LogP contribution in [0, 0.1) is 10.8 Å². The van der Waals surface area contributed by atoms with Crippen LogP contribution in [0.25, 0.3) is 0 Å². The summed E-state index contributed by atoms with van der Waals surface area (Å²) in [4.78, 5) is 10.9. The van der Waals surface area contributed by atoms with Crippen LogP contribution in [-0.2, 0) is 9.53 Å². The molecule has 1 saturated carbocycles. The quantitative estimate of drug-likeness (QED) is 0.605. The van der Waals surface area contributed by atoms with E-state index in [2.05, 4.69) is 27.7 Å². The van der Waals surface area contributed by atoms with Gasteiger partial charge in [-0.25, -0.2) is 0 Å². The molecule has 0 aromatic rings. The first-order valence-electron chi connectivity index (χ1n) is 5.37. The van der Waals surface area contributed by atoms with E-state index in [0.29, 0.717) is 10.8 Å². The molecule has 0 amide bonds. The maximum absolute atomic E-state index is 10.9. The normalized spacial score (nSPS) is 25.8. The van der Waals surface area contributed by atoms with Gasteiger partial charge in [0, 0.05) is 6.92 Å². The zero-order chi connectivity index (χ0) is 11.0. The molecular formula is C12H22O2. The molecule has 1 aliphatic carbocycles. The number of carbonyl (C=O) groups excluding carboxylic acids is 1. The van der Waals surface area contributed by atoms with Crippen molar-refractivity contribution >= 4 is 5.97 Å². The molecule has 0 N–H and O–H groups in total. The van der Waals surface area contributed by atoms with Crippen molar-refractivity contribution in [1.82, 2.24) is 0 Å². The van der Waals surface area contributed by atoms with Crippen LogP contribution in [0.4, 0.5) is 0 Å². The molecule has 1 fully saturated rings. The van der Waals surface area contributed by atoms with Gasteiger partial charge in [-0.1, -0.05) is 27.7 Å². The molecule has 0 unspecified atom stereocenters. The maximum Gasteiger partial charge on any atom is 0.302 e. The van der Waals surface area contributed by atoms with Gasteiger partial charge < -0.3 is 4.74 Å². The van der Waals surface area contributed by atoms with Gasteiger partial charge in [0.1, 0.15) is 6.10 Å². The Balaban J connectivity index is 2.66. The SMILES string of the molecule is CC(=O)OC1CC(C)(C)CC(C)(C)C1. The Kier molecular flexibility index (Phi) is 2.93. The van der Waals surface area contributed by atoms with Gasteiger partial charge in [0.05, 0.1) is 0 Å². The molecule has 82 valence electrons. The Labute approximate surface area is 87.0 Å². The summed E-state index contributed by atoms with van der Waals surface area (Å²) >= 11 is 0. The van der Waals surface area contributed by atoms with Crippen molar-refractivity contribution in [2.24, 2.45) is 10.8 Å². The first-order chi connectivity index (χ1) is 6.20. The van der Waals surface area contributed by atoms with E-state index < -0.39 is 0 Å². The minimum absolute atomic E-state index is 0.117. The Morgan fingerprint density at radius 2 is 1.57 bits per heavy atom. The average Bonchev–Trinajstić information content (AvgIpc) is 1.74. The molecule has 0 atom stereocenters. The summed E-state index contributed by atoms with van der Waals surface area (Å²) in [6.07, 6.45) is 3.32. The summed E-state index contributed by atoms with van der Waals surface area (Å²) in [6.45, 7) is 10.5. The third kappa shape index (κ3) is 3.32. The largest absolute Gasteiger partial charge is 0.463 e. The van der Waals surface area contributed by atoms with Gasteiger partial charge in [-0.15, -0.1) is 0 Å². The van der Waals surface area contributed by atoms with Crippen molar-refractivity contribution < 1.29 is 9.53 Å². The predicted octanol–water partition coefficient (Wildman–Crippen LogP) is 3.15. The summed E-state index contributed by atoms with van der Waals surface area (Å²) in [5, 5.41) is 0. The highest BCUT2D eigenvalue weighted by Crippen LogP contribution is 2.46. The second-order valence-electron chi connectivity index (χ2n) is 6.14. The first kappa shape index (κ1) is 11.5. The van der Waals surface area contributed by atoms with E-state index in [1.54, 1.807) is 0 Å². The summed E-state index contributed by atoms with van der Waals surface area (Å²) < 4.78 is 5.32. The van der Waals surface area contributed by atoms with Gasteiger partial charge in [0.15, 0.2) is 0 Å². The zero-order valence-corrected chi connectivity index (χ0v) is 10.0. The first-order valence-corrected chi connectivity index (χ1v) is 5.37. The molecular weight excluding hydrogens is 176 g/mol. The average molecular weight is 198 g/mol. The molecule has 0 heterocycles. The van der Waals surface area contributed by atoms with Crippen LogP contribution in [0.15, 0.2) is 0 Å². The minimum Gasteiger partial charge on any atom is -0.463 e. The molecule has 1 rings (SSSR count). The highest BCUT2D eigenvalue weighted by atomic mass is 16.5. The van der Waals surface area contributed by atoms with E-state index in [0.717, 1.165) is 12.8 Å². The van der Waals surface area contributed by atoms with Crippen molar-refractivity contribution in [2.75, 3.05) is 0 Å². The van der Waals surface area contributed by atoms with E-state index in [4.69, 9.17) is 4.74 Å². The van der Waals surface area contributed by atoms with Crippen LogP contribution < -0.4 is 0 Å². The molecule has 0 spiro atoms. The smallest absolute Gasteiger partial charge is 0.302 e. The lowest BCUT2D eigenvalue weighted by atomic mass is 9.64. The summed E-state index contributed by atoms with van der Waals surface area (Å²) in [5.41, 5.74) is 0.587. The molecule has 2 nitrogen and oxygen atoms in total. The topological polar surface area (TPSA) is 26.3 Å². The zero-order valence-electron chi connectivity index (χ0n) is 10.0. The van der Waals surface area contributed by atoms with Crippen LogP contribution >= 0.6 is 0 Å². The monoisotopic (exact) mass is 198 g/mol. The van der Waals surface area contributed by atoms with E-state index in [-0.39, 0.29) is 12.1 Å². The van der Waals surface area contributed by atoms with Crippen molar-refractivity contribution in [2.45, 2.75) is 60.0 Å². The summed E-state index contributed by atoms with van der Waals surface area (Å²) in [5.74, 6) is -0.150. The van der Waals surface area contributed by atoms with Crippen molar-refractivity contribution in [3.05, 3.63) is 0 Å².